The van der Waals surface area contributed by atoms with E-state index in [1.165, 1.54) is 135 Å². The second-order valence-electron chi connectivity index (χ2n) is 20.0. The number of carbonyl (C=O) groups excluding carboxylic acids is 3. The van der Waals surface area contributed by atoms with Crippen LogP contribution < -0.4 is 0 Å². The van der Waals surface area contributed by atoms with Crippen LogP contribution >= 0.6 is 0 Å². The Labute approximate surface area is 419 Å². The first-order valence-corrected chi connectivity index (χ1v) is 29.2. The van der Waals surface area contributed by atoms with Crippen molar-refractivity contribution in [1.29, 1.82) is 0 Å². The zero-order valence-electron chi connectivity index (χ0n) is 44.7. The number of aliphatic hydroxyl groups excluding tert-OH is 1. The molecule has 68 heavy (non-hydrogen) atoms. The number of aliphatic hydroxyl groups is 1. The summed E-state index contributed by atoms with van der Waals surface area (Å²) in [5.74, 6) is -1.15. The van der Waals surface area contributed by atoms with Gasteiger partial charge < -0.3 is 24.1 Å². The van der Waals surface area contributed by atoms with E-state index < -0.39 is 36.4 Å². The van der Waals surface area contributed by atoms with E-state index in [1.807, 2.05) is 0 Å². The predicted octanol–water partition coefficient (Wildman–Crippen LogP) is 17.2. The number of allylic oxidation sites excluding steroid dienone is 6. The first-order chi connectivity index (χ1) is 33.4. The van der Waals surface area contributed by atoms with Gasteiger partial charge in [0.2, 0.25) is 0 Å². The van der Waals surface area contributed by atoms with Crippen molar-refractivity contribution < 1.29 is 38.4 Å². The van der Waals surface area contributed by atoms with Crippen LogP contribution in [0.1, 0.15) is 290 Å². The van der Waals surface area contributed by atoms with E-state index in [1.54, 1.807) is 0 Å². The van der Waals surface area contributed by atoms with Crippen molar-refractivity contribution in [1.82, 2.24) is 0 Å². The van der Waals surface area contributed by atoms with Crippen LogP contribution in [0.4, 0.5) is 0 Å². The highest BCUT2D eigenvalue weighted by molar-refractivity contribution is 5.71. The van der Waals surface area contributed by atoms with E-state index in [0.29, 0.717) is 12.8 Å². The third-order valence-electron chi connectivity index (χ3n) is 13.4. The molecule has 8 heteroatoms. The molecule has 1 aliphatic rings. The van der Waals surface area contributed by atoms with Gasteiger partial charge in [0.15, 0.2) is 12.2 Å². The zero-order chi connectivity index (χ0) is 49.2. The Morgan fingerprint density at radius 3 is 1.12 bits per heavy atom. The molecule has 1 fully saturated rings. The number of ether oxygens (including phenoxy) is 4. The van der Waals surface area contributed by atoms with Gasteiger partial charge in [-0.25, -0.2) is 0 Å². The zero-order valence-corrected chi connectivity index (χ0v) is 44.7. The maximum Gasteiger partial charge on any atom is 0.306 e. The highest BCUT2D eigenvalue weighted by Gasteiger charge is 2.46. The highest BCUT2D eigenvalue weighted by atomic mass is 16.6. The van der Waals surface area contributed by atoms with Crippen LogP contribution in [0.15, 0.2) is 36.5 Å². The monoisotopic (exact) mass is 957 g/mol. The highest BCUT2D eigenvalue weighted by Crippen LogP contribution is 2.25. The summed E-state index contributed by atoms with van der Waals surface area (Å²) in [6.07, 6.45) is 56.7. The van der Waals surface area contributed by atoms with Crippen molar-refractivity contribution in [2.24, 2.45) is 0 Å². The summed E-state index contributed by atoms with van der Waals surface area (Å²) in [7, 11) is 0. The Morgan fingerprint density at radius 1 is 0.441 bits per heavy atom. The lowest BCUT2D eigenvalue weighted by Crippen LogP contribution is -2.46. The fourth-order valence-corrected chi connectivity index (χ4v) is 8.98. The van der Waals surface area contributed by atoms with E-state index in [-0.39, 0.29) is 38.4 Å². The fraction of sp³-hybridized carbons (Fsp3) is 0.850. The third kappa shape index (κ3) is 40.3. The van der Waals surface area contributed by atoms with Gasteiger partial charge in [-0.15, -0.1) is 0 Å². The molecule has 1 rings (SSSR count). The number of hydrogen-bond donors (Lipinski definition) is 1. The smallest absolute Gasteiger partial charge is 0.306 e. The number of unbranched alkanes of at least 4 members (excludes halogenated alkanes) is 33. The lowest BCUT2D eigenvalue weighted by atomic mass is 10.1. The molecular formula is C60H108O8. The van der Waals surface area contributed by atoms with E-state index in [0.717, 1.165) is 103 Å². The molecule has 1 unspecified atom stereocenters. The molecule has 0 aromatic rings. The van der Waals surface area contributed by atoms with Gasteiger partial charge in [-0.2, -0.15) is 0 Å². The van der Waals surface area contributed by atoms with Gasteiger partial charge in [0.25, 0.3) is 0 Å². The summed E-state index contributed by atoms with van der Waals surface area (Å²) in [6.45, 7) is 6.51. The Bertz CT molecular complexity index is 1230. The molecule has 4 atom stereocenters. The molecular weight excluding hydrogens is 849 g/mol. The second-order valence-corrected chi connectivity index (χ2v) is 20.0. The van der Waals surface area contributed by atoms with Gasteiger partial charge in [-0.05, 0) is 96.3 Å². The van der Waals surface area contributed by atoms with Crippen molar-refractivity contribution in [2.45, 2.75) is 315 Å². The number of hydrogen-bond acceptors (Lipinski definition) is 8. The van der Waals surface area contributed by atoms with E-state index >= 15 is 0 Å². The van der Waals surface area contributed by atoms with Gasteiger partial charge in [0.05, 0.1) is 6.61 Å². The molecule has 0 aromatic carbocycles. The second kappa shape index (κ2) is 49.5. The minimum Gasteiger partial charge on any atom is -0.462 e. The Hall–Kier alpha value is -2.45. The standard InChI is InChI=1S/C60H108O8/c1-4-7-10-13-16-19-22-25-28-31-34-37-40-43-46-49-56(62)65-53-55(67-57(63)50-47-44-41-38-35-32-29-26-23-20-17-14-11-8-5-2)60-59(54(61)52-66-60)68-58(64)51-48-45-42-39-36-33-30-27-24-21-18-15-12-9-6-3/h25-30,54-55,59-61H,4-24,31-53H2,1-3H3/b28-25-,29-26-,30-27-/t54-,55?,59+,60-/m1/s1. The minimum absolute atomic E-state index is 0.0544. The van der Waals surface area contributed by atoms with E-state index in [2.05, 4.69) is 57.2 Å². The van der Waals surface area contributed by atoms with Gasteiger partial charge in [-0.3, -0.25) is 14.4 Å². The number of esters is 3. The van der Waals surface area contributed by atoms with Crippen LogP contribution in [0.3, 0.4) is 0 Å². The van der Waals surface area contributed by atoms with Gasteiger partial charge in [-0.1, -0.05) is 211 Å². The lowest BCUT2D eigenvalue weighted by Gasteiger charge is -2.28. The number of rotatable bonds is 50. The fourth-order valence-electron chi connectivity index (χ4n) is 8.98. The maximum absolute atomic E-state index is 13.2. The first kappa shape index (κ1) is 63.6. The predicted molar refractivity (Wildman–Crippen MR) is 285 cm³/mol. The molecule has 0 radical (unpaired) electrons. The molecule has 0 bridgehead atoms. The summed E-state index contributed by atoms with van der Waals surface area (Å²) in [5, 5.41) is 10.9. The van der Waals surface area contributed by atoms with Gasteiger partial charge >= 0.3 is 17.9 Å². The molecule has 1 N–H and O–H groups in total. The summed E-state index contributed by atoms with van der Waals surface area (Å²) >= 11 is 0. The molecule has 0 aromatic heterocycles. The Kier molecular flexibility index (Phi) is 46.3. The van der Waals surface area contributed by atoms with E-state index in [9.17, 15) is 19.5 Å². The molecule has 8 nitrogen and oxygen atoms in total. The summed E-state index contributed by atoms with van der Waals surface area (Å²) < 4.78 is 23.3. The SMILES string of the molecule is CCCCCCCC/C=C\CCCCCCCC(=O)OCC(OC(=O)CCCCCCC/C=C\CCCCCCCC)[C@H]1OC[C@@H](O)[C@@H]1OC(=O)CCCCCCC/C=C\CCCCCCCC. The topological polar surface area (TPSA) is 108 Å². The van der Waals surface area contributed by atoms with Crippen molar-refractivity contribution in [2.75, 3.05) is 13.2 Å². The third-order valence-corrected chi connectivity index (χ3v) is 13.4. The molecule has 1 aliphatic heterocycles. The average Bonchev–Trinajstić information content (AvgIpc) is 3.69. The van der Waals surface area contributed by atoms with Crippen LogP contribution in [0.2, 0.25) is 0 Å². The van der Waals surface area contributed by atoms with Crippen LogP contribution in [-0.2, 0) is 33.3 Å². The largest absolute Gasteiger partial charge is 0.462 e. The average molecular weight is 958 g/mol. The molecule has 1 heterocycles. The van der Waals surface area contributed by atoms with Crippen LogP contribution in [0, 0.1) is 0 Å². The lowest BCUT2D eigenvalue weighted by molar-refractivity contribution is -0.177. The van der Waals surface area contributed by atoms with Crippen molar-refractivity contribution in [3.05, 3.63) is 36.5 Å². The quantitative estimate of drug-likeness (QED) is 0.0278. The van der Waals surface area contributed by atoms with Crippen molar-refractivity contribution in [3.8, 4) is 0 Å². The van der Waals surface area contributed by atoms with Crippen LogP contribution in [0.5, 0.6) is 0 Å². The molecule has 396 valence electrons. The summed E-state index contributed by atoms with van der Waals surface area (Å²) in [5.41, 5.74) is 0. The molecule has 0 saturated carbocycles. The Morgan fingerprint density at radius 2 is 0.750 bits per heavy atom. The van der Waals surface area contributed by atoms with Gasteiger partial charge in [0, 0.05) is 19.3 Å². The van der Waals surface area contributed by atoms with Gasteiger partial charge in [0.1, 0.15) is 18.8 Å². The molecule has 0 spiro atoms. The summed E-state index contributed by atoms with van der Waals surface area (Å²) in [4.78, 5) is 39.1. The van der Waals surface area contributed by atoms with Crippen molar-refractivity contribution >= 4 is 17.9 Å². The molecule has 1 saturated heterocycles. The maximum atomic E-state index is 13.2. The van der Waals surface area contributed by atoms with Crippen molar-refractivity contribution in [3.63, 3.8) is 0 Å². The molecule has 0 amide bonds. The Balaban J connectivity index is 2.50. The van der Waals surface area contributed by atoms with E-state index in [4.69, 9.17) is 18.9 Å². The number of carbonyl (C=O) groups is 3. The van der Waals surface area contributed by atoms with Crippen LogP contribution in [-0.4, -0.2) is 60.6 Å². The summed E-state index contributed by atoms with van der Waals surface area (Å²) in [6, 6.07) is 0. The normalized spacial score (nSPS) is 16.7. The van der Waals surface area contributed by atoms with Crippen LogP contribution in [0.25, 0.3) is 0 Å². The minimum atomic E-state index is -1.06. The molecule has 0 aliphatic carbocycles. The first-order valence-electron chi connectivity index (χ1n) is 29.2.